The maximum Gasteiger partial charge on any atom is 0.164 e. The first-order valence-electron chi connectivity index (χ1n) is 13.0. The van der Waals surface area contributed by atoms with Crippen LogP contribution < -0.4 is 0 Å². The van der Waals surface area contributed by atoms with Crippen LogP contribution >= 0.6 is 11.3 Å². The summed E-state index contributed by atoms with van der Waals surface area (Å²) in [6, 6.07) is 44.3. The second-order valence-electron chi connectivity index (χ2n) is 9.65. The van der Waals surface area contributed by atoms with Gasteiger partial charge < -0.3 is 0 Å². The van der Waals surface area contributed by atoms with E-state index in [0.717, 1.165) is 22.1 Å². The summed E-state index contributed by atoms with van der Waals surface area (Å²) in [4.78, 5) is 15.0. The molecule has 0 atom stereocenters. The van der Waals surface area contributed by atoms with E-state index in [4.69, 9.17) is 15.0 Å². The van der Waals surface area contributed by atoms with Crippen molar-refractivity contribution in [3.63, 3.8) is 0 Å². The normalized spacial score (nSPS) is 11.6. The van der Waals surface area contributed by atoms with Gasteiger partial charge in [-0.25, -0.2) is 15.0 Å². The van der Waals surface area contributed by atoms with Crippen molar-refractivity contribution in [2.24, 2.45) is 0 Å². The summed E-state index contributed by atoms with van der Waals surface area (Å²) in [5, 5.41) is 7.41. The molecular weight excluding hydrogens is 494 g/mol. The van der Waals surface area contributed by atoms with E-state index in [1.165, 1.54) is 36.3 Å². The van der Waals surface area contributed by atoms with Crippen LogP contribution in [0.15, 0.2) is 127 Å². The SMILES string of the molecule is c1ccc(-c2nc(-c3ccccc3)nc(-c3cc4ccccc4c4c3ccc3c5ccccc5sc34)n2)cc1. The van der Waals surface area contributed by atoms with Gasteiger partial charge in [-0.15, -0.1) is 11.3 Å². The molecule has 0 spiro atoms. The van der Waals surface area contributed by atoms with E-state index in [1.54, 1.807) is 0 Å². The molecule has 3 nitrogen and oxygen atoms in total. The summed E-state index contributed by atoms with van der Waals surface area (Å²) in [6.45, 7) is 0. The fourth-order valence-corrected chi connectivity index (χ4v) is 6.74. The Kier molecular flexibility index (Phi) is 5.00. The fourth-order valence-electron chi connectivity index (χ4n) is 5.48. The Labute approximate surface area is 229 Å². The number of hydrogen-bond acceptors (Lipinski definition) is 4. The highest BCUT2D eigenvalue weighted by molar-refractivity contribution is 7.26. The van der Waals surface area contributed by atoms with Gasteiger partial charge in [-0.1, -0.05) is 115 Å². The molecule has 0 bridgehead atoms. The van der Waals surface area contributed by atoms with Gasteiger partial charge in [-0.3, -0.25) is 0 Å². The zero-order valence-electron chi connectivity index (χ0n) is 20.9. The predicted molar refractivity (Wildman–Crippen MR) is 164 cm³/mol. The third-order valence-corrected chi connectivity index (χ3v) is 8.51. The second kappa shape index (κ2) is 8.83. The van der Waals surface area contributed by atoms with Crippen molar-refractivity contribution in [2.75, 3.05) is 0 Å². The van der Waals surface area contributed by atoms with Gasteiger partial charge in [0.25, 0.3) is 0 Å². The van der Waals surface area contributed by atoms with E-state index in [9.17, 15) is 0 Å². The Balaban J connectivity index is 1.49. The number of benzene rings is 6. The quantitative estimate of drug-likeness (QED) is 0.220. The highest BCUT2D eigenvalue weighted by Gasteiger charge is 2.18. The highest BCUT2D eigenvalue weighted by Crippen LogP contribution is 2.44. The number of nitrogens with zero attached hydrogens (tertiary/aromatic N) is 3. The van der Waals surface area contributed by atoms with Crippen LogP contribution in [0, 0.1) is 0 Å². The molecule has 182 valence electrons. The van der Waals surface area contributed by atoms with Gasteiger partial charge in [-0.2, -0.15) is 0 Å². The first-order valence-corrected chi connectivity index (χ1v) is 13.8. The van der Waals surface area contributed by atoms with E-state index >= 15 is 0 Å². The molecule has 0 fully saturated rings. The molecule has 6 aromatic carbocycles. The lowest BCUT2D eigenvalue weighted by atomic mass is 9.95. The lowest BCUT2D eigenvalue weighted by Gasteiger charge is -2.13. The molecule has 0 amide bonds. The monoisotopic (exact) mass is 515 g/mol. The molecule has 0 aliphatic carbocycles. The molecule has 8 rings (SSSR count). The molecule has 0 N–H and O–H groups in total. The summed E-state index contributed by atoms with van der Waals surface area (Å²) in [5.74, 6) is 2.02. The topological polar surface area (TPSA) is 38.7 Å². The first kappa shape index (κ1) is 22.1. The Bertz CT molecular complexity index is 2110. The summed E-state index contributed by atoms with van der Waals surface area (Å²) in [7, 11) is 0. The minimum atomic E-state index is 0.670. The molecule has 0 aliphatic heterocycles. The van der Waals surface area contributed by atoms with Crippen molar-refractivity contribution in [2.45, 2.75) is 0 Å². The molecule has 8 aromatic rings. The molecule has 0 radical (unpaired) electrons. The molecular formula is C35H21N3S. The molecule has 4 heteroatoms. The van der Waals surface area contributed by atoms with Gasteiger partial charge >= 0.3 is 0 Å². The van der Waals surface area contributed by atoms with Gasteiger partial charge in [0.05, 0.1) is 0 Å². The highest BCUT2D eigenvalue weighted by atomic mass is 32.1. The number of hydrogen-bond donors (Lipinski definition) is 0. The third-order valence-electron chi connectivity index (χ3n) is 7.31. The van der Waals surface area contributed by atoms with E-state index in [1.807, 2.05) is 72.0 Å². The maximum absolute atomic E-state index is 5.06. The van der Waals surface area contributed by atoms with Crippen LogP contribution in [-0.2, 0) is 0 Å². The van der Waals surface area contributed by atoms with Gasteiger partial charge in [0.2, 0.25) is 0 Å². The Hall–Kier alpha value is -4.93. The van der Waals surface area contributed by atoms with Crippen LogP contribution in [-0.4, -0.2) is 15.0 Å². The largest absolute Gasteiger partial charge is 0.208 e. The minimum absolute atomic E-state index is 0.670. The lowest BCUT2D eigenvalue weighted by molar-refractivity contribution is 1.08. The minimum Gasteiger partial charge on any atom is -0.208 e. The second-order valence-corrected chi connectivity index (χ2v) is 10.7. The number of fused-ring (bicyclic) bond motifs is 7. The molecule has 0 unspecified atom stereocenters. The summed E-state index contributed by atoms with van der Waals surface area (Å²) >= 11 is 1.86. The van der Waals surface area contributed by atoms with E-state index < -0.39 is 0 Å². The van der Waals surface area contributed by atoms with Crippen molar-refractivity contribution >= 4 is 53.1 Å². The van der Waals surface area contributed by atoms with Gasteiger partial charge in [-0.05, 0) is 28.3 Å². The summed E-state index contributed by atoms with van der Waals surface area (Å²) in [5.41, 5.74) is 2.95. The van der Waals surface area contributed by atoms with Crippen molar-refractivity contribution in [3.8, 4) is 34.2 Å². The number of aromatic nitrogens is 3. The average Bonchev–Trinajstić information content (AvgIpc) is 3.40. The zero-order chi connectivity index (χ0) is 25.8. The fraction of sp³-hybridized carbons (Fsp3) is 0. The van der Waals surface area contributed by atoms with Crippen LogP contribution in [0.3, 0.4) is 0 Å². The summed E-state index contributed by atoms with van der Waals surface area (Å²) < 4.78 is 2.60. The van der Waals surface area contributed by atoms with Crippen molar-refractivity contribution in [1.29, 1.82) is 0 Å². The van der Waals surface area contributed by atoms with Gasteiger partial charge in [0, 0.05) is 42.2 Å². The van der Waals surface area contributed by atoms with Crippen molar-refractivity contribution < 1.29 is 0 Å². The zero-order valence-corrected chi connectivity index (χ0v) is 21.7. The Morgan fingerprint density at radius 1 is 0.436 bits per heavy atom. The van der Waals surface area contributed by atoms with Crippen LogP contribution in [0.25, 0.3) is 75.9 Å². The number of rotatable bonds is 3. The predicted octanol–water partition coefficient (Wildman–Crippen LogP) is 9.55. The van der Waals surface area contributed by atoms with Gasteiger partial charge in [0.15, 0.2) is 17.5 Å². The Morgan fingerprint density at radius 2 is 1.00 bits per heavy atom. The van der Waals surface area contributed by atoms with Crippen molar-refractivity contribution in [1.82, 2.24) is 15.0 Å². The smallest absolute Gasteiger partial charge is 0.164 e. The molecule has 2 aromatic heterocycles. The third kappa shape index (κ3) is 3.61. The molecule has 0 saturated heterocycles. The van der Waals surface area contributed by atoms with Crippen LogP contribution in [0.1, 0.15) is 0 Å². The van der Waals surface area contributed by atoms with Gasteiger partial charge in [0.1, 0.15) is 0 Å². The van der Waals surface area contributed by atoms with E-state index in [0.29, 0.717) is 17.5 Å². The molecule has 39 heavy (non-hydrogen) atoms. The maximum atomic E-state index is 5.06. The first-order chi connectivity index (χ1) is 19.3. The number of thiophene rings is 1. The standard InChI is InChI=1S/C35H21N3S/c1-3-11-22(12-4-1)33-36-34(23-13-5-2-6-14-23)38-35(37-33)29-21-24-15-7-8-16-25(24)31-27(29)19-20-28-26-17-9-10-18-30(26)39-32(28)31/h1-21H. The average molecular weight is 516 g/mol. The van der Waals surface area contributed by atoms with Crippen LogP contribution in [0.5, 0.6) is 0 Å². The molecule has 0 aliphatic rings. The van der Waals surface area contributed by atoms with Crippen LogP contribution in [0.2, 0.25) is 0 Å². The lowest BCUT2D eigenvalue weighted by Crippen LogP contribution is -2.00. The Morgan fingerprint density at radius 3 is 1.72 bits per heavy atom. The van der Waals surface area contributed by atoms with Crippen molar-refractivity contribution in [3.05, 3.63) is 127 Å². The van der Waals surface area contributed by atoms with E-state index in [-0.39, 0.29) is 0 Å². The molecule has 0 saturated carbocycles. The molecule has 2 heterocycles. The summed E-state index contributed by atoms with van der Waals surface area (Å²) in [6.07, 6.45) is 0. The van der Waals surface area contributed by atoms with E-state index in [2.05, 4.69) is 66.7 Å². The van der Waals surface area contributed by atoms with Crippen LogP contribution in [0.4, 0.5) is 0 Å².